The molecular weight excluding hydrogens is 246 g/mol. The van der Waals surface area contributed by atoms with Gasteiger partial charge in [0.25, 0.3) is 0 Å². The van der Waals surface area contributed by atoms with Crippen molar-refractivity contribution in [3.63, 3.8) is 0 Å². The topological polar surface area (TPSA) is 38.3 Å². The molecule has 1 saturated heterocycles. The fourth-order valence-corrected chi connectivity index (χ4v) is 2.96. The van der Waals surface area contributed by atoms with Gasteiger partial charge in [0.1, 0.15) is 5.60 Å². The summed E-state index contributed by atoms with van der Waals surface area (Å²) < 4.78 is 5.48. The van der Waals surface area contributed by atoms with Crippen molar-refractivity contribution in [1.82, 2.24) is 5.32 Å². The van der Waals surface area contributed by atoms with E-state index in [9.17, 15) is 4.79 Å². The van der Waals surface area contributed by atoms with Gasteiger partial charge in [-0.15, -0.1) is 0 Å². The first-order valence-electron chi connectivity index (χ1n) is 6.44. The maximum absolute atomic E-state index is 12.1. The Morgan fingerprint density at radius 3 is 2.89 bits per heavy atom. The van der Waals surface area contributed by atoms with E-state index in [1.165, 1.54) is 5.56 Å². The lowest BCUT2D eigenvalue weighted by Crippen LogP contribution is -2.37. The Morgan fingerprint density at radius 1 is 1.50 bits per heavy atom. The fraction of sp³-hybridized carbons (Fsp3) is 0.643. The van der Waals surface area contributed by atoms with Crippen molar-refractivity contribution in [2.45, 2.75) is 45.3 Å². The molecule has 0 spiro atoms. The summed E-state index contributed by atoms with van der Waals surface area (Å²) in [5.74, 6) is -0.0281. The molecule has 2 rings (SSSR count). The molecule has 3 nitrogen and oxygen atoms in total. The Balaban J connectivity index is 1.96. The maximum atomic E-state index is 12.1. The van der Waals surface area contributed by atoms with E-state index in [1.54, 1.807) is 11.3 Å². The van der Waals surface area contributed by atoms with Crippen molar-refractivity contribution in [2.24, 2.45) is 5.92 Å². The summed E-state index contributed by atoms with van der Waals surface area (Å²) in [6, 6.07) is 2.42. The molecule has 4 heteroatoms. The minimum atomic E-state index is -0.389. The number of hydrogen-bond donors (Lipinski definition) is 1. The lowest BCUT2D eigenvalue weighted by atomic mass is 9.89. The predicted octanol–water partition coefficient (Wildman–Crippen LogP) is 3.13. The van der Waals surface area contributed by atoms with Gasteiger partial charge in [-0.25, -0.2) is 0 Å². The van der Waals surface area contributed by atoms with Crippen LogP contribution in [-0.4, -0.2) is 18.1 Å². The summed E-state index contributed by atoms with van der Waals surface area (Å²) in [5, 5.41) is 7.69. The molecule has 0 aliphatic carbocycles. The Kier molecular flexibility index (Phi) is 4.07. The molecular formula is C14H21NO2S. The number of nitrogens with one attached hydrogen (secondary N) is 1. The van der Waals surface area contributed by atoms with Crippen LogP contribution in [0.4, 0.5) is 0 Å². The third-order valence-corrected chi connectivity index (χ3v) is 3.79. The van der Waals surface area contributed by atoms with Gasteiger partial charge in [0.2, 0.25) is 0 Å². The van der Waals surface area contributed by atoms with Crippen LogP contribution in [0.1, 0.15) is 45.2 Å². The van der Waals surface area contributed by atoms with Crippen molar-refractivity contribution in [1.29, 1.82) is 0 Å². The van der Waals surface area contributed by atoms with E-state index in [1.807, 2.05) is 20.8 Å². The largest absolute Gasteiger partial charge is 0.460 e. The van der Waals surface area contributed by atoms with E-state index in [0.717, 1.165) is 19.4 Å². The second-order valence-electron chi connectivity index (χ2n) is 5.82. The lowest BCUT2D eigenvalue weighted by molar-refractivity contribution is -0.161. The van der Waals surface area contributed by atoms with Crippen molar-refractivity contribution in [2.75, 3.05) is 6.54 Å². The molecule has 18 heavy (non-hydrogen) atoms. The Morgan fingerprint density at radius 2 is 2.28 bits per heavy atom. The molecule has 1 aromatic heterocycles. The second kappa shape index (κ2) is 5.41. The molecule has 1 aliphatic heterocycles. The number of thiophene rings is 1. The van der Waals surface area contributed by atoms with Crippen LogP contribution in [-0.2, 0) is 9.53 Å². The van der Waals surface area contributed by atoms with E-state index in [0.29, 0.717) is 6.04 Å². The summed E-state index contributed by atoms with van der Waals surface area (Å²) in [6.07, 6.45) is 1.71. The van der Waals surface area contributed by atoms with Gasteiger partial charge >= 0.3 is 5.97 Å². The number of esters is 1. The molecule has 2 unspecified atom stereocenters. The molecule has 0 amide bonds. The molecule has 0 aromatic carbocycles. The average Bonchev–Trinajstić information content (AvgIpc) is 2.80. The highest BCUT2D eigenvalue weighted by molar-refractivity contribution is 7.07. The average molecular weight is 267 g/mol. The molecule has 2 heterocycles. The first kappa shape index (κ1) is 13.6. The molecule has 0 radical (unpaired) electrons. The summed E-state index contributed by atoms with van der Waals surface area (Å²) in [4.78, 5) is 12.1. The molecule has 2 atom stereocenters. The van der Waals surface area contributed by atoms with Crippen molar-refractivity contribution >= 4 is 17.3 Å². The predicted molar refractivity (Wildman–Crippen MR) is 73.6 cm³/mol. The van der Waals surface area contributed by atoms with Gasteiger partial charge in [-0.3, -0.25) is 4.79 Å². The van der Waals surface area contributed by atoms with Crippen LogP contribution >= 0.6 is 11.3 Å². The van der Waals surface area contributed by atoms with E-state index in [2.05, 4.69) is 22.1 Å². The molecule has 1 aliphatic rings. The minimum Gasteiger partial charge on any atom is -0.460 e. The van der Waals surface area contributed by atoms with Crippen LogP contribution in [0.25, 0.3) is 0 Å². The van der Waals surface area contributed by atoms with Crippen LogP contribution in [0, 0.1) is 5.92 Å². The monoisotopic (exact) mass is 267 g/mol. The highest BCUT2D eigenvalue weighted by Gasteiger charge is 2.31. The Bertz CT molecular complexity index is 394. The SMILES string of the molecule is CC(C)(C)OC(=O)C1CCNC(c2ccsc2)C1. The van der Waals surface area contributed by atoms with Gasteiger partial charge in [0.05, 0.1) is 5.92 Å². The van der Waals surface area contributed by atoms with Crippen LogP contribution < -0.4 is 5.32 Å². The van der Waals surface area contributed by atoms with E-state index in [4.69, 9.17) is 4.74 Å². The first-order chi connectivity index (χ1) is 8.46. The van der Waals surface area contributed by atoms with Gasteiger partial charge in [0, 0.05) is 6.04 Å². The van der Waals surface area contributed by atoms with Crippen molar-refractivity contribution in [3.05, 3.63) is 22.4 Å². The Hall–Kier alpha value is -0.870. The van der Waals surface area contributed by atoms with Crippen LogP contribution in [0.2, 0.25) is 0 Å². The van der Waals surface area contributed by atoms with Crippen LogP contribution in [0.3, 0.4) is 0 Å². The zero-order chi connectivity index (χ0) is 13.2. The summed E-state index contributed by atoms with van der Waals surface area (Å²) >= 11 is 1.70. The van der Waals surface area contributed by atoms with Gasteiger partial charge < -0.3 is 10.1 Å². The molecule has 1 N–H and O–H groups in total. The van der Waals surface area contributed by atoms with Gasteiger partial charge in [0.15, 0.2) is 0 Å². The number of hydrogen-bond acceptors (Lipinski definition) is 4. The van der Waals surface area contributed by atoms with Crippen LogP contribution in [0.15, 0.2) is 16.8 Å². The van der Waals surface area contributed by atoms with E-state index >= 15 is 0 Å². The summed E-state index contributed by atoms with van der Waals surface area (Å²) in [7, 11) is 0. The smallest absolute Gasteiger partial charge is 0.309 e. The molecule has 0 bridgehead atoms. The zero-order valence-corrected chi connectivity index (χ0v) is 12.0. The number of piperidine rings is 1. The van der Waals surface area contributed by atoms with Gasteiger partial charge in [-0.2, -0.15) is 11.3 Å². The minimum absolute atomic E-state index is 0.0235. The van der Waals surface area contributed by atoms with Crippen LogP contribution in [0.5, 0.6) is 0 Å². The zero-order valence-electron chi connectivity index (χ0n) is 11.2. The maximum Gasteiger partial charge on any atom is 0.309 e. The summed E-state index contributed by atoms with van der Waals surface area (Å²) in [6.45, 7) is 6.64. The third kappa shape index (κ3) is 3.56. The Labute approximate surface area is 113 Å². The lowest BCUT2D eigenvalue weighted by Gasteiger charge is -2.31. The highest BCUT2D eigenvalue weighted by atomic mass is 32.1. The number of carbonyl (C=O) groups excluding carboxylic acids is 1. The highest BCUT2D eigenvalue weighted by Crippen LogP contribution is 2.30. The van der Waals surface area contributed by atoms with E-state index in [-0.39, 0.29) is 17.5 Å². The summed E-state index contributed by atoms with van der Waals surface area (Å²) in [5.41, 5.74) is 0.896. The van der Waals surface area contributed by atoms with Gasteiger partial charge in [-0.05, 0) is 62.5 Å². The molecule has 1 fully saturated rings. The molecule has 0 saturated carbocycles. The fourth-order valence-electron chi connectivity index (χ4n) is 2.24. The van der Waals surface area contributed by atoms with Crippen molar-refractivity contribution in [3.8, 4) is 0 Å². The first-order valence-corrected chi connectivity index (χ1v) is 7.38. The van der Waals surface area contributed by atoms with Crippen molar-refractivity contribution < 1.29 is 9.53 Å². The standard InChI is InChI=1S/C14H21NO2S/c1-14(2,3)17-13(16)10-4-6-15-12(8-10)11-5-7-18-9-11/h5,7,9-10,12,15H,4,6,8H2,1-3H3. The second-order valence-corrected chi connectivity index (χ2v) is 6.60. The molecule has 100 valence electrons. The van der Waals surface area contributed by atoms with E-state index < -0.39 is 0 Å². The van der Waals surface area contributed by atoms with Gasteiger partial charge in [-0.1, -0.05) is 0 Å². The normalized spacial score (nSPS) is 24.8. The third-order valence-electron chi connectivity index (χ3n) is 3.09. The quantitative estimate of drug-likeness (QED) is 0.837. The number of carbonyl (C=O) groups is 1. The molecule has 1 aromatic rings. The number of ether oxygens (including phenoxy) is 1. The number of rotatable bonds is 2.